The van der Waals surface area contributed by atoms with E-state index in [0.717, 1.165) is 18.2 Å². The van der Waals surface area contributed by atoms with Gasteiger partial charge < -0.3 is 5.11 Å². The Morgan fingerprint density at radius 2 is 1.83 bits per heavy atom. The number of aromatic nitrogens is 1. The summed E-state index contributed by atoms with van der Waals surface area (Å²) in [6.45, 7) is 0. The van der Waals surface area contributed by atoms with Crippen LogP contribution < -0.4 is 4.72 Å². The quantitative estimate of drug-likeness (QED) is 0.837. The van der Waals surface area contributed by atoms with Crippen LogP contribution in [-0.2, 0) is 16.2 Å². The molecule has 0 aliphatic rings. The zero-order valence-corrected chi connectivity index (χ0v) is 13.2. The van der Waals surface area contributed by atoms with Crippen molar-refractivity contribution in [3.63, 3.8) is 0 Å². The summed E-state index contributed by atoms with van der Waals surface area (Å²) in [5.74, 6) is -0.733. The lowest BCUT2D eigenvalue weighted by atomic mass is 10.3. The molecule has 0 amide bonds. The van der Waals surface area contributed by atoms with Crippen molar-refractivity contribution in [2.75, 3.05) is 4.72 Å². The van der Waals surface area contributed by atoms with Crippen LogP contribution in [0.25, 0.3) is 0 Å². The van der Waals surface area contributed by atoms with Gasteiger partial charge in [0.2, 0.25) is 0 Å². The van der Waals surface area contributed by atoms with Crippen molar-refractivity contribution in [3.8, 4) is 5.75 Å². The fraction of sp³-hybridized carbons (Fsp3) is 0.0833. The highest BCUT2D eigenvalue weighted by molar-refractivity contribution is 7.92. The first kappa shape index (κ1) is 17.6. The number of pyridine rings is 1. The predicted molar refractivity (Wildman–Crippen MR) is 78.2 cm³/mol. The topological polar surface area (TPSA) is 79.3 Å². The number of nitrogens with zero attached hydrogens (tertiary/aromatic N) is 1. The van der Waals surface area contributed by atoms with Gasteiger partial charge in [0.05, 0.1) is 16.9 Å². The number of rotatable bonds is 3. The average Bonchev–Trinajstić information content (AvgIpc) is 2.41. The van der Waals surface area contributed by atoms with Gasteiger partial charge >= 0.3 is 6.18 Å². The molecule has 124 valence electrons. The van der Waals surface area contributed by atoms with E-state index in [1.807, 2.05) is 4.72 Å². The highest BCUT2D eigenvalue weighted by atomic mass is 35.5. The minimum atomic E-state index is -4.64. The Morgan fingerprint density at radius 1 is 1.17 bits per heavy atom. The van der Waals surface area contributed by atoms with E-state index in [1.54, 1.807) is 0 Å². The number of alkyl halides is 3. The molecule has 2 aromatic rings. The molecule has 0 spiro atoms. The molecule has 2 rings (SSSR count). The molecule has 0 saturated carbocycles. The summed E-state index contributed by atoms with van der Waals surface area (Å²) in [4.78, 5) is 2.50. The van der Waals surface area contributed by atoms with Crippen LogP contribution in [-0.4, -0.2) is 18.5 Å². The molecule has 1 heterocycles. The minimum absolute atomic E-state index is 0.0429. The summed E-state index contributed by atoms with van der Waals surface area (Å²) in [7, 11) is -4.33. The molecular weight excluding hydrogens is 380 g/mol. The maximum atomic E-state index is 12.4. The van der Waals surface area contributed by atoms with Crippen LogP contribution in [0.1, 0.15) is 5.69 Å². The number of hydrogen-bond acceptors (Lipinski definition) is 4. The SMILES string of the molecule is O=S(=O)(Nc1ccc(C(F)(F)F)nc1)c1cc(Cl)cc(Cl)c1O. The number of nitrogens with one attached hydrogen (secondary N) is 1. The standard InChI is InChI=1S/C12H7Cl2F3N2O3S/c13-6-3-8(14)11(20)9(4-6)23(21,22)19-7-1-2-10(18-5-7)12(15,16)17/h1-5,19-20H. The van der Waals surface area contributed by atoms with Gasteiger partial charge in [-0.15, -0.1) is 0 Å². The smallest absolute Gasteiger partial charge is 0.433 e. The fourth-order valence-electron chi connectivity index (χ4n) is 1.58. The second-order valence-corrected chi connectivity index (χ2v) is 6.76. The number of aromatic hydroxyl groups is 1. The van der Waals surface area contributed by atoms with Gasteiger partial charge in [0.15, 0.2) is 5.75 Å². The van der Waals surface area contributed by atoms with Crippen molar-refractivity contribution in [1.29, 1.82) is 0 Å². The second kappa shape index (κ2) is 6.06. The molecule has 0 aliphatic heterocycles. The van der Waals surface area contributed by atoms with Crippen molar-refractivity contribution in [3.05, 3.63) is 46.2 Å². The molecule has 23 heavy (non-hydrogen) atoms. The van der Waals surface area contributed by atoms with Crippen LogP contribution in [0.3, 0.4) is 0 Å². The first-order valence-corrected chi connectivity index (χ1v) is 7.99. The molecule has 1 aromatic heterocycles. The van der Waals surface area contributed by atoms with E-state index in [1.165, 1.54) is 0 Å². The Bertz CT molecular complexity index is 840. The molecule has 0 fully saturated rings. The van der Waals surface area contributed by atoms with Crippen molar-refractivity contribution in [1.82, 2.24) is 4.98 Å². The minimum Gasteiger partial charge on any atom is -0.505 e. The maximum absolute atomic E-state index is 12.4. The summed E-state index contributed by atoms with van der Waals surface area (Å²) in [6.07, 6.45) is -3.94. The molecule has 0 saturated heterocycles. The van der Waals surface area contributed by atoms with Gasteiger partial charge in [0.1, 0.15) is 10.6 Å². The van der Waals surface area contributed by atoms with E-state index >= 15 is 0 Å². The van der Waals surface area contributed by atoms with Crippen LogP contribution >= 0.6 is 23.2 Å². The second-order valence-electron chi connectivity index (χ2n) is 4.27. The molecule has 0 unspecified atom stereocenters. The normalized spacial score (nSPS) is 12.2. The van der Waals surface area contributed by atoms with Crippen molar-refractivity contribution >= 4 is 38.9 Å². The lowest BCUT2D eigenvalue weighted by Crippen LogP contribution is -2.14. The lowest BCUT2D eigenvalue weighted by molar-refractivity contribution is -0.141. The van der Waals surface area contributed by atoms with Crippen LogP contribution in [0.5, 0.6) is 5.75 Å². The largest absolute Gasteiger partial charge is 0.505 e. The van der Waals surface area contributed by atoms with Gasteiger partial charge in [0.25, 0.3) is 10.0 Å². The summed E-state index contributed by atoms with van der Waals surface area (Å²) < 4.78 is 63.5. The number of phenols is 1. The average molecular weight is 387 g/mol. The summed E-state index contributed by atoms with van der Waals surface area (Å²) >= 11 is 11.3. The molecule has 5 nitrogen and oxygen atoms in total. The highest BCUT2D eigenvalue weighted by Crippen LogP contribution is 2.35. The van der Waals surface area contributed by atoms with Gasteiger partial charge in [-0.05, 0) is 24.3 Å². The Hall–Kier alpha value is -1.71. The van der Waals surface area contributed by atoms with Crippen molar-refractivity contribution in [2.24, 2.45) is 0 Å². The van der Waals surface area contributed by atoms with E-state index in [2.05, 4.69) is 4.98 Å². The van der Waals surface area contributed by atoms with E-state index in [9.17, 15) is 26.7 Å². The third-order valence-corrected chi connectivity index (χ3v) is 4.49. The third kappa shape index (κ3) is 3.98. The zero-order chi connectivity index (χ0) is 17.4. The first-order chi connectivity index (χ1) is 10.5. The van der Waals surface area contributed by atoms with E-state index in [4.69, 9.17) is 23.2 Å². The van der Waals surface area contributed by atoms with Gasteiger partial charge in [0, 0.05) is 5.02 Å². The van der Waals surface area contributed by atoms with Gasteiger partial charge in [-0.1, -0.05) is 23.2 Å². The molecule has 0 aliphatic carbocycles. The zero-order valence-electron chi connectivity index (χ0n) is 10.9. The molecule has 0 bridgehead atoms. The fourth-order valence-corrected chi connectivity index (χ4v) is 3.38. The van der Waals surface area contributed by atoms with Gasteiger partial charge in [-0.3, -0.25) is 4.72 Å². The Labute approximate surface area is 138 Å². The third-order valence-electron chi connectivity index (χ3n) is 2.59. The molecule has 0 atom stereocenters. The van der Waals surface area contributed by atoms with Gasteiger partial charge in [-0.25, -0.2) is 13.4 Å². The molecular formula is C12H7Cl2F3N2O3S. The molecule has 1 aromatic carbocycles. The number of halogens is 5. The Morgan fingerprint density at radius 3 is 2.35 bits per heavy atom. The van der Waals surface area contributed by atoms with Crippen molar-refractivity contribution < 1.29 is 26.7 Å². The summed E-state index contributed by atoms with van der Waals surface area (Å²) in [5, 5.41) is 9.38. The molecule has 0 radical (unpaired) electrons. The number of anilines is 1. The van der Waals surface area contributed by atoms with Gasteiger partial charge in [-0.2, -0.15) is 13.2 Å². The van der Waals surface area contributed by atoms with Crippen molar-refractivity contribution in [2.45, 2.75) is 11.1 Å². The predicted octanol–water partition coefficient (Wildman–Crippen LogP) is 3.91. The number of hydrogen-bond donors (Lipinski definition) is 2. The van der Waals surface area contributed by atoms with Crippen LogP contribution in [0.2, 0.25) is 10.0 Å². The monoisotopic (exact) mass is 386 g/mol. The molecule has 2 N–H and O–H groups in total. The van der Waals surface area contributed by atoms with Crippen LogP contribution in [0.15, 0.2) is 35.4 Å². The maximum Gasteiger partial charge on any atom is 0.433 e. The highest BCUT2D eigenvalue weighted by Gasteiger charge is 2.32. The Kier molecular flexibility index (Phi) is 4.65. The summed E-state index contributed by atoms with van der Waals surface area (Å²) in [5.41, 5.74) is -1.40. The lowest BCUT2D eigenvalue weighted by Gasteiger charge is -2.11. The number of phenolic OH excluding ortho intramolecular Hbond substituents is 1. The number of sulfonamides is 1. The Balaban J connectivity index is 2.36. The molecule has 11 heteroatoms. The first-order valence-electron chi connectivity index (χ1n) is 5.75. The van der Waals surface area contributed by atoms with E-state index in [0.29, 0.717) is 12.3 Å². The van der Waals surface area contributed by atoms with E-state index in [-0.39, 0.29) is 15.7 Å². The summed E-state index contributed by atoms with van der Waals surface area (Å²) in [6, 6.07) is 3.58. The van der Waals surface area contributed by atoms with E-state index < -0.39 is 32.5 Å². The van der Waals surface area contributed by atoms with Crippen LogP contribution in [0.4, 0.5) is 18.9 Å². The number of benzene rings is 1. The van der Waals surface area contributed by atoms with Crippen LogP contribution in [0, 0.1) is 0 Å².